The van der Waals surface area contributed by atoms with Gasteiger partial charge in [-0.05, 0) is 87.0 Å². The standard InChI is InChI=1S/C26H40O4/c1-16(2)12-17(27)14-26(6,29)18-8-11-24(4)19(18)13-20-22-23(3,15-21(28)30-20)9-7-10-25(22,24)5/h12,18-20,22,29H,7-11,13-15H2,1-6H3/t18-,19-,20-,22-,23-,24-,25-,26-/m1/s1. The van der Waals surface area contributed by atoms with E-state index in [-0.39, 0.29) is 52.4 Å². The van der Waals surface area contributed by atoms with Crippen LogP contribution < -0.4 is 0 Å². The van der Waals surface area contributed by atoms with Gasteiger partial charge < -0.3 is 9.84 Å². The van der Waals surface area contributed by atoms with Crippen molar-refractivity contribution in [2.24, 2.45) is 34.0 Å². The zero-order valence-electron chi connectivity index (χ0n) is 19.7. The number of carbonyl (C=O) groups is 2. The number of carbonyl (C=O) groups excluding carboxylic acids is 2. The van der Waals surface area contributed by atoms with E-state index in [4.69, 9.17) is 4.74 Å². The third kappa shape index (κ3) is 3.12. The molecular weight excluding hydrogens is 376 g/mol. The molecule has 4 aliphatic rings. The van der Waals surface area contributed by atoms with Crippen molar-refractivity contribution in [1.82, 2.24) is 0 Å². The van der Waals surface area contributed by atoms with Crippen molar-refractivity contribution < 1.29 is 19.4 Å². The van der Waals surface area contributed by atoms with E-state index >= 15 is 0 Å². The number of ether oxygens (including phenoxy) is 1. The fourth-order valence-electron chi connectivity index (χ4n) is 8.70. The summed E-state index contributed by atoms with van der Waals surface area (Å²) in [5.74, 6) is 0.679. The first-order chi connectivity index (χ1) is 13.8. The first-order valence-electron chi connectivity index (χ1n) is 11.9. The lowest BCUT2D eigenvalue weighted by molar-refractivity contribution is -0.241. The Kier molecular flexibility index (Phi) is 5.08. The Morgan fingerprint density at radius 1 is 1.20 bits per heavy atom. The maximum absolute atomic E-state index is 12.5. The van der Waals surface area contributed by atoms with E-state index in [1.807, 2.05) is 20.8 Å². The second kappa shape index (κ2) is 6.92. The van der Waals surface area contributed by atoms with Gasteiger partial charge >= 0.3 is 5.97 Å². The largest absolute Gasteiger partial charge is 0.462 e. The van der Waals surface area contributed by atoms with E-state index in [0.29, 0.717) is 12.3 Å². The van der Waals surface area contributed by atoms with Crippen molar-refractivity contribution in [2.45, 2.75) is 105 Å². The zero-order valence-corrected chi connectivity index (χ0v) is 19.7. The Labute approximate surface area is 181 Å². The van der Waals surface area contributed by atoms with Gasteiger partial charge in [-0.25, -0.2) is 0 Å². The maximum atomic E-state index is 12.5. The van der Waals surface area contributed by atoms with Crippen LogP contribution in [-0.4, -0.2) is 28.6 Å². The van der Waals surface area contributed by atoms with Gasteiger partial charge in [0, 0.05) is 12.3 Å². The third-order valence-corrected chi connectivity index (χ3v) is 9.93. The number of fused-ring (bicyclic) bond motifs is 2. The van der Waals surface area contributed by atoms with E-state index in [1.165, 1.54) is 6.42 Å². The summed E-state index contributed by atoms with van der Waals surface area (Å²) < 4.78 is 6.01. The monoisotopic (exact) mass is 416 g/mol. The molecule has 0 unspecified atom stereocenters. The first-order valence-corrected chi connectivity index (χ1v) is 11.9. The molecule has 1 saturated heterocycles. The highest BCUT2D eigenvalue weighted by molar-refractivity contribution is 5.90. The molecule has 0 bridgehead atoms. The molecule has 1 heterocycles. The van der Waals surface area contributed by atoms with E-state index < -0.39 is 5.60 Å². The van der Waals surface area contributed by atoms with E-state index in [0.717, 1.165) is 37.7 Å². The first kappa shape index (κ1) is 22.0. The van der Waals surface area contributed by atoms with Crippen LogP contribution in [0.2, 0.25) is 0 Å². The smallest absolute Gasteiger partial charge is 0.306 e. The van der Waals surface area contributed by atoms with Crippen molar-refractivity contribution >= 4 is 11.8 Å². The number of hydrogen-bond donors (Lipinski definition) is 1. The fourth-order valence-corrected chi connectivity index (χ4v) is 8.70. The van der Waals surface area contributed by atoms with Crippen molar-refractivity contribution in [3.8, 4) is 0 Å². The normalized spacial score (nSPS) is 46.8. The minimum Gasteiger partial charge on any atom is -0.462 e. The Balaban J connectivity index is 1.68. The van der Waals surface area contributed by atoms with Gasteiger partial charge in [0.2, 0.25) is 0 Å². The Hall–Kier alpha value is -1.16. The molecule has 4 heteroatoms. The quantitative estimate of drug-likeness (QED) is 0.504. The van der Waals surface area contributed by atoms with Crippen molar-refractivity contribution in [3.05, 3.63) is 11.6 Å². The van der Waals surface area contributed by atoms with Gasteiger partial charge in [0.15, 0.2) is 5.78 Å². The van der Waals surface area contributed by atoms with Crippen LogP contribution in [0.15, 0.2) is 11.6 Å². The molecule has 8 atom stereocenters. The summed E-state index contributed by atoms with van der Waals surface area (Å²) in [5.41, 5.74) is 0.166. The number of ketones is 1. The molecule has 0 amide bonds. The summed E-state index contributed by atoms with van der Waals surface area (Å²) in [6.07, 6.45) is 8.59. The molecule has 168 valence electrons. The molecule has 3 aliphatic carbocycles. The minimum atomic E-state index is -1.04. The SMILES string of the molecule is CC(C)=CC(=O)C[C@@](C)(O)[C@@H]1CC[C@]2(C)[C@@H]1C[C@H]1OC(=O)C[C@@]3(C)CCC[C@]2(C)[C@H]13. The summed E-state index contributed by atoms with van der Waals surface area (Å²) in [5, 5.41) is 11.5. The highest BCUT2D eigenvalue weighted by atomic mass is 16.5. The van der Waals surface area contributed by atoms with Crippen LogP contribution >= 0.6 is 0 Å². The summed E-state index contributed by atoms with van der Waals surface area (Å²) in [7, 11) is 0. The van der Waals surface area contributed by atoms with E-state index in [9.17, 15) is 14.7 Å². The molecule has 0 aromatic heterocycles. The van der Waals surface area contributed by atoms with Crippen LogP contribution in [-0.2, 0) is 14.3 Å². The molecule has 3 saturated carbocycles. The topological polar surface area (TPSA) is 63.6 Å². The van der Waals surface area contributed by atoms with Gasteiger partial charge in [-0.3, -0.25) is 9.59 Å². The van der Waals surface area contributed by atoms with Gasteiger partial charge in [0.1, 0.15) is 6.10 Å². The Morgan fingerprint density at radius 2 is 1.90 bits per heavy atom. The predicted molar refractivity (Wildman–Crippen MR) is 117 cm³/mol. The maximum Gasteiger partial charge on any atom is 0.306 e. The van der Waals surface area contributed by atoms with Crippen molar-refractivity contribution in [2.75, 3.05) is 0 Å². The fraction of sp³-hybridized carbons (Fsp3) is 0.846. The molecular formula is C26H40O4. The second-order valence-corrected chi connectivity index (χ2v) is 12.2. The third-order valence-electron chi connectivity index (χ3n) is 9.93. The van der Waals surface area contributed by atoms with Crippen molar-refractivity contribution in [1.29, 1.82) is 0 Å². The molecule has 4 fully saturated rings. The summed E-state index contributed by atoms with van der Waals surface area (Å²) in [6, 6.07) is 0. The lowest BCUT2D eigenvalue weighted by Gasteiger charge is -2.67. The molecule has 0 radical (unpaired) electrons. The minimum absolute atomic E-state index is 0.00263. The molecule has 4 nitrogen and oxygen atoms in total. The van der Waals surface area contributed by atoms with Crippen LogP contribution in [0.1, 0.15) is 92.9 Å². The Morgan fingerprint density at radius 3 is 2.57 bits per heavy atom. The second-order valence-electron chi connectivity index (χ2n) is 12.2. The number of aliphatic hydroxyl groups is 1. The van der Waals surface area contributed by atoms with Gasteiger partial charge in [0.05, 0.1) is 12.0 Å². The number of hydrogen-bond acceptors (Lipinski definition) is 4. The number of rotatable bonds is 4. The lowest BCUT2D eigenvalue weighted by atomic mass is 9.39. The van der Waals surface area contributed by atoms with Crippen LogP contribution in [0.5, 0.6) is 0 Å². The summed E-state index contributed by atoms with van der Waals surface area (Å²) >= 11 is 0. The molecule has 30 heavy (non-hydrogen) atoms. The highest BCUT2D eigenvalue weighted by Gasteiger charge is 2.70. The lowest BCUT2D eigenvalue weighted by Crippen LogP contribution is -2.65. The van der Waals surface area contributed by atoms with Crippen molar-refractivity contribution in [3.63, 3.8) is 0 Å². The van der Waals surface area contributed by atoms with E-state index in [2.05, 4.69) is 20.8 Å². The predicted octanol–water partition coefficient (Wildman–Crippen LogP) is 5.23. The highest BCUT2D eigenvalue weighted by Crippen LogP contribution is 2.73. The summed E-state index contributed by atoms with van der Waals surface area (Å²) in [6.45, 7) is 12.9. The van der Waals surface area contributed by atoms with Gasteiger partial charge in [-0.1, -0.05) is 32.8 Å². The number of allylic oxidation sites excluding steroid dienone is 2. The van der Waals surface area contributed by atoms with Crippen LogP contribution in [0.25, 0.3) is 0 Å². The van der Waals surface area contributed by atoms with Crippen LogP contribution in [0.3, 0.4) is 0 Å². The molecule has 1 N–H and O–H groups in total. The van der Waals surface area contributed by atoms with Gasteiger partial charge in [-0.15, -0.1) is 0 Å². The molecule has 1 aliphatic heterocycles. The number of esters is 1. The molecule has 4 rings (SSSR count). The molecule has 0 aromatic carbocycles. The summed E-state index contributed by atoms with van der Waals surface area (Å²) in [4.78, 5) is 25.0. The van der Waals surface area contributed by atoms with Crippen LogP contribution in [0, 0.1) is 34.0 Å². The molecule has 0 aromatic rings. The average Bonchev–Trinajstić information content (AvgIpc) is 2.91. The van der Waals surface area contributed by atoms with E-state index in [1.54, 1.807) is 6.08 Å². The van der Waals surface area contributed by atoms with Gasteiger partial charge in [0.25, 0.3) is 0 Å². The Bertz CT molecular complexity index is 778. The van der Waals surface area contributed by atoms with Gasteiger partial charge in [-0.2, -0.15) is 0 Å². The molecule has 0 spiro atoms. The average molecular weight is 417 g/mol. The van der Waals surface area contributed by atoms with Crippen LogP contribution in [0.4, 0.5) is 0 Å². The zero-order chi connectivity index (χ0) is 22.1.